The fraction of sp³-hybridized carbons (Fsp3) is 0.600. The Kier molecular flexibility index (Phi) is 6.95. The lowest BCUT2D eigenvalue weighted by Crippen LogP contribution is -2.56. The molecular formula is C15H24NO8P. The number of ether oxygens (including phenoxy) is 2. The Morgan fingerprint density at radius 1 is 1.28 bits per heavy atom. The molecule has 1 heterocycles. The van der Waals surface area contributed by atoms with Crippen LogP contribution in [0.25, 0.3) is 0 Å². The number of rotatable bonds is 7. The van der Waals surface area contributed by atoms with E-state index in [0.717, 1.165) is 12.0 Å². The second-order valence-electron chi connectivity index (χ2n) is 5.94. The molecule has 6 N–H and O–H groups in total. The van der Waals surface area contributed by atoms with Crippen LogP contribution in [0.1, 0.15) is 12.5 Å². The van der Waals surface area contributed by atoms with Gasteiger partial charge in [0.05, 0.1) is 6.61 Å². The monoisotopic (exact) mass is 377 g/mol. The molecule has 10 heteroatoms. The van der Waals surface area contributed by atoms with Crippen molar-refractivity contribution in [1.29, 1.82) is 0 Å². The van der Waals surface area contributed by atoms with Crippen molar-refractivity contribution < 1.29 is 38.6 Å². The SMILES string of the molecule is C[C@H]1[C@H](Oc2ccc(CCN)cc2)OC(CO)[C@@H](O)[C@@H]1OP(=O)(O)O. The molecule has 1 aliphatic rings. The highest BCUT2D eigenvalue weighted by Gasteiger charge is 2.47. The first-order valence-electron chi connectivity index (χ1n) is 7.89. The molecule has 2 rings (SSSR count). The van der Waals surface area contributed by atoms with Crippen molar-refractivity contribution in [1.82, 2.24) is 0 Å². The Morgan fingerprint density at radius 3 is 2.44 bits per heavy atom. The molecule has 0 spiro atoms. The third-order valence-corrected chi connectivity index (χ3v) is 4.54. The molecule has 1 fully saturated rings. The molecule has 0 amide bonds. The predicted octanol–water partition coefficient (Wildman–Crippen LogP) is -0.241. The molecule has 1 aromatic rings. The van der Waals surface area contributed by atoms with Crippen LogP contribution in [0.2, 0.25) is 0 Å². The first-order valence-corrected chi connectivity index (χ1v) is 9.42. The van der Waals surface area contributed by atoms with E-state index >= 15 is 0 Å². The smallest absolute Gasteiger partial charge is 0.465 e. The van der Waals surface area contributed by atoms with Crippen LogP contribution in [0.4, 0.5) is 0 Å². The van der Waals surface area contributed by atoms with Crippen molar-refractivity contribution in [2.45, 2.75) is 37.9 Å². The molecular weight excluding hydrogens is 353 g/mol. The highest BCUT2D eigenvalue weighted by Crippen LogP contribution is 2.43. The Morgan fingerprint density at radius 2 is 1.92 bits per heavy atom. The van der Waals surface area contributed by atoms with Gasteiger partial charge in [0.1, 0.15) is 24.1 Å². The summed E-state index contributed by atoms with van der Waals surface area (Å²) in [5, 5.41) is 19.5. The molecule has 0 radical (unpaired) electrons. The first kappa shape index (κ1) is 20.3. The predicted molar refractivity (Wildman–Crippen MR) is 87.7 cm³/mol. The minimum absolute atomic E-state index is 0.473. The Hall–Kier alpha value is -1.03. The standard InChI is InChI=1S/C15H24NO8P/c1-9-14(24-25(19,20)21)13(18)12(8-17)23-15(9)22-11-4-2-10(3-5-11)6-7-16/h2-5,9,12-15,17-18H,6-8,16H2,1H3,(H2,19,20,21)/t9-,12?,13-,14-,15-/m1/s1. The number of aliphatic hydroxyl groups is 2. The van der Waals surface area contributed by atoms with Gasteiger partial charge < -0.3 is 35.2 Å². The molecule has 5 atom stereocenters. The van der Waals surface area contributed by atoms with E-state index in [4.69, 9.17) is 25.0 Å². The van der Waals surface area contributed by atoms with E-state index in [0.29, 0.717) is 12.3 Å². The minimum Gasteiger partial charge on any atom is -0.465 e. The van der Waals surface area contributed by atoms with Crippen molar-refractivity contribution in [2.24, 2.45) is 11.7 Å². The average Bonchev–Trinajstić information content (AvgIpc) is 2.55. The number of phosphoric acid groups is 1. The van der Waals surface area contributed by atoms with Crippen LogP contribution in [0, 0.1) is 5.92 Å². The lowest BCUT2D eigenvalue weighted by Gasteiger charge is -2.42. The Bertz CT molecular complexity index is 592. The van der Waals surface area contributed by atoms with Gasteiger partial charge in [-0.15, -0.1) is 0 Å². The molecule has 0 aliphatic carbocycles. The van der Waals surface area contributed by atoms with Crippen LogP contribution < -0.4 is 10.5 Å². The van der Waals surface area contributed by atoms with Gasteiger partial charge in [0.15, 0.2) is 0 Å². The van der Waals surface area contributed by atoms with Gasteiger partial charge in [-0.1, -0.05) is 19.1 Å². The zero-order valence-corrected chi connectivity index (χ0v) is 14.7. The van der Waals surface area contributed by atoms with Gasteiger partial charge in [-0.05, 0) is 30.7 Å². The second kappa shape index (κ2) is 8.57. The summed E-state index contributed by atoms with van der Waals surface area (Å²) in [5.41, 5.74) is 6.54. The van der Waals surface area contributed by atoms with Crippen LogP contribution in [0.15, 0.2) is 24.3 Å². The summed E-state index contributed by atoms with van der Waals surface area (Å²) in [6.45, 7) is 1.55. The van der Waals surface area contributed by atoms with Crippen molar-refractivity contribution >= 4 is 7.82 Å². The van der Waals surface area contributed by atoms with Gasteiger partial charge in [0.2, 0.25) is 6.29 Å². The van der Waals surface area contributed by atoms with Crippen molar-refractivity contribution in [3.8, 4) is 5.75 Å². The van der Waals surface area contributed by atoms with E-state index in [1.165, 1.54) is 0 Å². The topological polar surface area (TPSA) is 152 Å². The number of phosphoric ester groups is 1. The first-order chi connectivity index (χ1) is 11.7. The molecule has 142 valence electrons. The molecule has 1 unspecified atom stereocenters. The van der Waals surface area contributed by atoms with Gasteiger partial charge in [0, 0.05) is 5.92 Å². The second-order valence-corrected chi connectivity index (χ2v) is 7.13. The van der Waals surface area contributed by atoms with E-state index < -0.39 is 44.9 Å². The van der Waals surface area contributed by atoms with Crippen LogP contribution in [0.5, 0.6) is 5.75 Å². The summed E-state index contributed by atoms with van der Waals surface area (Å²) in [7, 11) is -4.83. The highest BCUT2D eigenvalue weighted by atomic mass is 31.2. The van der Waals surface area contributed by atoms with E-state index in [-0.39, 0.29) is 0 Å². The van der Waals surface area contributed by atoms with Gasteiger partial charge in [-0.25, -0.2) is 4.57 Å². The summed E-state index contributed by atoms with van der Waals surface area (Å²) >= 11 is 0. The van der Waals surface area contributed by atoms with Crippen molar-refractivity contribution in [2.75, 3.05) is 13.2 Å². The maximum Gasteiger partial charge on any atom is 0.469 e. The number of nitrogens with two attached hydrogens (primary N) is 1. The lowest BCUT2D eigenvalue weighted by atomic mass is 9.92. The van der Waals surface area contributed by atoms with E-state index in [1.54, 1.807) is 19.1 Å². The fourth-order valence-electron chi connectivity index (χ4n) is 2.69. The van der Waals surface area contributed by atoms with Crippen LogP contribution in [-0.2, 0) is 20.2 Å². The molecule has 1 saturated heterocycles. The summed E-state index contributed by atoms with van der Waals surface area (Å²) < 4.78 is 27.1. The zero-order chi connectivity index (χ0) is 18.6. The van der Waals surface area contributed by atoms with Crippen molar-refractivity contribution in [3.05, 3.63) is 29.8 Å². The molecule has 9 nitrogen and oxygen atoms in total. The Balaban J connectivity index is 2.13. The normalized spacial score (nSPS) is 30.2. The molecule has 25 heavy (non-hydrogen) atoms. The zero-order valence-electron chi connectivity index (χ0n) is 13.8. The summed E-state index contributed by atoms with van der Waals surface area (Å²) in [6, 6.07) is 7.13. The van der Waals surface area contributed by atoms with Crippen molar-refractivity contribution in [3.63, 3.8) is 0 Å². The number of hydrogen-bond acceptors (Lipinski definition) is 7. The summed E-state index contributed by atoms with van der Waals surface area (Å²) in [6.07, 6.45) is -3.98. The average molecular weight is 377 g/mol. The molecule has 1 aromatic carbocycles. The lowest BCUT2D eigenvalue weighted by molar-refractivity contribution is -0.253. The van der Waals surface area contributed by atoms with Gasteiger partial charge in [-0.2, -0.15) is 0 Å². The maximum atomic E-state index is 11.2. The Labute approximate surface area is 145 Å². The van der Waals surface area contributed by atoms with Gasteiger partial charge in [0.25, 0.3) is 0 Å². The van der Waals surface area contributed by atoms with Crippen LogP contribution >= 0.6 is 7.82 Å². The minimum atomic E-state index is -4.83. The maximum absolute atomic E-state index is 11.2. The van der Waals surface area contributed by atoms with Gasteiger partial charge in [-0.3, -0.25) is 4.52 Å². The van der Waals surface area contributed by atoms with Gasteiger partial charge >= 0.3 is 7.82 Å². The molecule has 1 aliphatic heterocycles. The van der Waals surface area contributed by atoms with Crippen LogP contribution in [0.3, 0.4) is 0 Å². The van der Waals surface area contributed by atoms with E-state index in [1.807, 2.05) is 12.1 Å². The van der Waals surface area contributed by atoms with E-state index in [2.05, 4.69) is 4.52 Å². The summed E-state index contributed by atoms with van der Waals surface area (Å²) in [4.78, 5) is 18.1. The number of aliphatic hydroxyl groups excluding tert-OH is 2. The molecule has 0 aromatic heterocycles. The quantitative estimate of drug-likeness (QED) is 0.405. The third kappa shape index (κ3) is 5.47. The van der Waals surface area contributed by atoms with Crippen LogP contribution in [-0.4, -0.2) is 57.8 Å². The number of hydrogen-bond donors (Lipinski definition) is 5. The highest BCUT2D eigenvalue weighted by molar-refractivity contribution is 7.46. The molecule has 0 saturated carbocycles. The third-order valence-electron chi connectivity index (χ3n) is 4.02. The summed E-state index contributed by atoms with van der Waals surface area (Å²) in [5.74, 6) is -0.227. The fourth-order valence-corrected chi connectivity index (χ4v) is 3.33. The molecule has 0 bridgehead atoms. The van der Waals surface area contributed by atoms with E-state index in [9.17, 15) is 14.8 Å². The largest absolute Gasteiger partial charge is 0.469 e. The number of benzene rings is 1.